The first-order chi connectivity index (χ1) is 12.2. The molecule has 1 aliphatic carbocycles. The summed E-state index contributed by atoms with van der Waals surface area (Å²) in [6.45, 7) is 0.588. The lowest BCUT2D eigenvalue weighted by atomic mass is 9.90. The molecule has 2 N–H and O–H groups in total. The van der Waals surface area contributed by atoms with Crippen molar-refractivity contribution in [3.8, 4) is 11.5 Å². The molecule has 4 rings (SSSR count). The second kappa shape index (κ2) is 6.39. The van der Waals surface area contributed by atoms with Crippen LogP contribution in [0.1, 0.15) is 39.3 Å². The third kappa shape index (κ3) is 2.95. The number of rotatable bonds is 4. The maximum absolute atomic E-state index is 11.9. The number of para-hydroxylation sites is 1. The molecule has 1 aromatic heterocycles. The number of hydrogen-bond donors (Lipinski definition) is 1. The van der Waals surface area contributed by atoms with Gasteiger partial charge in [0.1, 0.15) is 0 Å². The molecule has 1 atom stereocenters. The molecule has 2 heterocycles. The number of carbonyl (C=O) groups excluding carboxylic acids is 1. The Labute approximate surface area is 147 Å². The van der Waals surface area contributed by atoms with Crippen LogP contribution in [0.25, 0.3) is 0 Å². The van der Waals surface area contributed by atoms with Crippen molar-refractivity contribution in [3.05, 3.63) is 52.3 Å². The Morgan fingerprint density at radius 1 is 1.36 bits per heavy atom. The summed E-state index contributed by atoms with van der Waals surface area (Å²) in [5, 5.41) is 0. The van der Waals surface area contributed by atoms with E-state index in [0.29, 0.717) is 18.6 Å². The van der Waals surface area contributed by atoms with Gasteiger partial charge in [0.05, 0.1) is 25.0 Å². The molecule has 1 aromatic carbocycles. The van der Waals surface area contributed by atoms with Crippen LogP contribution in [0.5, 0.6) is 11.5 Å². The molecule has 0 bridgehead atoms. The van der Waals surface area contributed by atoms with Gasteiger partial charge in [-0.25, -0.2) is 0 Å². The van der Waals surface area contributed by atoms with E-state index in [9.17, 15) is 4.79 Å². The van der Waals surface area contributed by atoms with Crippen LogP contribution in [0.4, 0.5) is 0 Å². The number of carbonyl (C=O) groups is 1. The Kier molecular flexibility index (Phi) is 4.07. The average Bonchev–Trinajstić information content (AvgIpc) is 3.07. The highest BCUT2D eigenvalue weighted by Crippen LogP contribution is 2.37. The Balaban J connectivity index is 1.60. The number of aromatic nitrogens is 1. The summed E-state index contributed by atoms with van der Waals surface area (Å²) >= 11 is 0. The van der Waals surface area contributed by atoms with Gasteiger partial charge < -0.3 is 15.2 Å². The Morgan fingerprint density at radius 2 is 2.24 bits per heavy atom. The first-order valence-corrected chi connectivity index (χ1v) is 8.76. The zero-order valence-electron chi connectivity index (χ0n) is 14.4. The van der Waals surface area contributed by atoms with Crippen LogP contribution in [-0.2, 0) is 25.7 Å². The number of amides is 1. The number of ether oxygens (including phenoxy) is 2. The van der Waals surface area contributed by atoms with Gasteiger partial charge in [-0.15, -0.1) is 0 Å². The van der Waals surface area contributed by atoms with Crippen molar-refractivity contribution in [1.29, 1.82) is 0 Å². The van der Waals surface area contributed by atoms with Crippen LogP contribution in [0.2, 0.25) is 0 Å². The lowest BCUT2D eigenvalue weighted by Gasteiger charge is -2.26. The van der Waals surface area contributed by atoms with Crippen LogP contribution >= 0.6 is 0 Å². The number of pyridine rings is 1. The fraction of sp³-hybridized carbons (Fsp3) is 0.400. The number of nitrogens with two attached hydrogens (primary N) is 1. The van der Waals surface area contributed by atoms with Crippen molar-refractivity contribution in [2.45, 2.75) is 32.1 Å². The van der Waals surface area contributed by atoms with Crippen molar-refractivity contribution in [2.75, 3.05) is 13.7 Å². The van der Waals surface area contributed by atoms with Gasteiger partial charge in [-0.1, -0.05) is 12.1 Å². The van der Waals surface area contributed by atoms with Gasteiger partial charge in [-0.2, -0.15) is 0 Å². The first kappa shape index (κ1) is 15.9. The summed E-state index contributed by atoms with van der Waals surface area (Å²) in [5.41, 5.74) is 10.4. The van der Waals surface area contributed by atoms with Crippen molar-refractivity contribution >= 4 is 5.91 Å². The fourth-order valence-corrected chi connectivity index (χ4v) is 3.91. The highest BCUT2D eigenvalue weighted by Gasteiger charge is 2.26. The number of primary amides is 1. The highest BCUT2D eigenvalue weighted by molar-refractivity contribution is 5.94. The first-order valence-electron chi connectivity index (χ1n) is 8.76. The smallest absolute Gasteiger partial charge is 0.250 e. The molecule has 0 spiro atoms. The quantitative estimate of drug-likeness (QED) is 0.929. The second-order valence-electron chi connectivity index (χ2n) is 6.84. The summed E-state index contributed by atoms with van der Waals surface area (Å²) < 4.78 is 11.3. The fourth-order valence-electron chi connectivity index (χ4n) is 3.91. The van der Waals surface area contributed by atoms with Gasteiger partial charge in [-0.3, -0.25) is 9.78 Å². The van der Waals surface area contributed by atoms with Crippen LogP contribution in [-0.4, -0.2) is 24.6 Å². The molecule has 5 heteroatoms. The van der Waals surface area contributed by atoms with E-state index < -0.39 is 5.91 Å². The minimum Gasteiger partial charge on any atom is -0.493 e. The number of benzene rings is 1. The standard InChI is InChI=1S/C20H22N2O3/c1-24-18-7-3-5-14-8-12(11-25-19(14)18)9-17-15(20(21)23)10-13-4-2-6-16(13)22-17/h3,5,7,10,12H,2,4,6,8-9,11H2,1H3,(H2,21,23)/t12-/m1/s1. The van der Waals surface area contributed by atoms with Gasteiger partial charge in [0.15, 0.2) is 11.5 Å². The molecule has 25 heavy (non-hydrogen) atoms. The molecule has 0 saturated carbocycles. The number of methoxy groups -OCH3 is 1. The molecule has 5 nitrogen and oxygen atoms in total. The van der Waals surface area contributed by atoms with Crippen LogP contribution in [0, 0.1) is 5.92 Å². The summed E-state index contributed by atoms with van der Waals surface area (Å²) in [7, 11) is 1.65. The van der Waals surface area contributed by atoms with E-state index in [1.807, 2.05) is 18.2 Å². The minimum absolute atomic E-state index is 0.268. The molecule has 1 amide bonds. The molecule has 0 saturated heterocycles. The molecular formula is C20H22N2O3. The number of nitrogens with zero attached hydrogens (tertiary/aromatic N) is 1. The summed E-state index contributed by atoms with van der Waals surface area (Å²) in [6, 6.07) is 7.90. The lowest BCUT2D eigenvalue weighted by Crippen LogP contribution is -2.25. The predicted molar refractivity (Wildman–Crippen MR) is 94.2 cm³/mol. The van der Waals surface area contributed by atoms with Crippen molar-refractivity contribution in [3.63, 3.8) is 0 Å². The molecule has 1 aliphatic heterocycles. The largest absolute Gasteiger partial charge is 0.493 e. The Morgan fingerprint density at radius 3 is 3.04 bits per heavy atom. The van der Waals surface area contributed by atoms with Crippen LogP contribution < -0.4 is 15.2 Å². The van der Waals surface area contributed by atoms with E-state index in [1.165, 1.54) is 5.56 Å². The van der Waals surface area contributed by atoms with Gasteiger partial charge in [0.25, 0.3) is 5.91 Å². The third-order valence-corrected chi connectivity index (χ3v) is 5.13. The van der Waals surface area contributed by atoms with Gasteiger partial charge in [-0.05, 0) is 55.4 Å². The Bertz CT molecular complexity index is 832. The number of aryl methyl sites for hydroxylation is 2. The molecule has 0 radical (unpaired) electrons. The highest BCUT2D eigenvalue weighted by atomic mass is 16.5. The van der Waals surface area contributed by atoms with Crippen LogP contribution in [0.3, 0.4) is 0 Å². The van der Waals surface area contributed by atoms with E-state index in [0.717, 1.165) is 54.1 Å². The van der Waals surface area contributed by atoms with Crippen molar-refractivity contribution in [2.24, 2.45) is 11.7 Å². The zero-order valence-corrected chi connectivity index (χ0v) is 14.4. The lowest BCUT2D eigenvalue weighted by molar-refractivity contribution is 0.0998. The second-order valence-corrected chi connectivity index (χ2v) is 6.84. The average molecular weight is 338 g/mol. The van der Waals surface area contributed by atoms with E-state index >= 15 is 0 Å². The van der Waals surface area contributed by atoms with Gasteiger partial charge in [0, 0.05) is 11.6 Å². The normalized spacial score (nSPS) is 18.2. The summed E-state index contributed by atoms with van der Waals surface area (Å²) in [6.07, 6.45) is 4.65. The maximum Gasteiger partial charge on any atom is 0.250 e. The van der Waals surface area contributed by atoms with Gasteiger partial charge >= 0.3 is 0 Å². The topological polar surface area (TPSA) is 74.4 Å². The summed E-state index contributed by atoms with van der Waals surface area (Å²) in [5.74, 6) is 1.48. The number of hydrogen-bond acceptors (Lipinski definition) is 4. The van der Waals surface area contributed by atoms with Crippen molar-refractivity contribution in [1.82, 2.24) is 4.98 Å². The molecular weight excluding hydrogens is 316 g/mol. The molecule has 0 fully saturated rings. The third-order valence-electron chi connectivity index (χ3n) is 5.13. The maximum atomic E-state index is 11.9. The van der Waals surface area contributed by atoms with Crippen molar-refractivity contribution < 1.29 is 14.3 Å². The molecule has 0 unspecified atom stereocenters. The van der Waals surface area contributed by atoms with Gasteiger partial charge in [0.2, 0.25) is 0 Å². The van der Waals surface area contributed by atoms with E-state index in [-0.39, 0.29) is 5.92 Å². The van der Waals surface area contributed by atoms with E-state index in [4.69, 9.17) is 20.2 Å². The summed E-state index contributed by atoms with van der Waals surface area (Å²) in [4.78, 5) is 16.7. The molecule has 2 aromatic rings. The molecule has 2 aliphatic rings. The van der Waals surface area contributed by atoms with E-state index in [2.05, 4.69) is 6.07 Å². The minimum atomic E-state index is -0.393. The number of fused-ring (bicyclic) bond motifs is 2. The van der Waals surface area contributed by atoms with Crippen LogP contribution in [0.15, 0.2) is 24.3 Å². The monoisotopic (exact) mass is 338 g/mol. The Hall–Kier alpha value is -2.56. The zero-order chi connectivity index (χ0) is 17.4. The van der Waals surface area contributed by atoms with E-state index in [1.54, 1.807) is 7.11 Å². The molecule has 130 valence electrons. The SMILES string of the molecule is COc1cccc2c1OC[C@@H](Cc1nc3c(cc1C(N)=O)CCC3)C2. The predicted octanol–water partition coefficient (Wildman–Crippen LogP) is 2.47.